The SMILES string of the molecule is CCN1CC2[C@@H]3C1CCC3N2C. The highest BCUT2D eigenvalue weighted by Crippen LogP contribution is 2.49. The highest BCUT2D eigenvalue weighted by molar-refractivity contribution is 5.14. The summed E-state index contributed by atoms with van der Waals surface area (Å²) in [4.78, 5) is 5.30. The van der Waals surface area contributed by atoms with Gasteiger partial charge in [-0.15, -0.1) is 0 Å². The molecule has 68 valence electrons. The molecular formula is C10H18N2. The molecule has 2 aliphatic heterocycles. The van der Waals surface area contributed by atoms with Crippen molar-refractivity contribution >= 4 is 0 Å². The lowest BCUT2D eigenvalue weighted by Crippen LogP contribution is -2.59. The van der Waals surface area contributed by atoms with Crippen LogP contribution >= 0.6 is 0 Å². The molecule has 3 unspecified atom stereocenters. The lowest BCUT2D eigenvalue weighted by molar-refractivity contribution is 0.0108. The largest absolute Gasteiger partial charge is 0.299 e. The quantitative estimate of drug-likeness (QED) is 0.568. The minimum atomic E-state index is 0.919. The normalized spacial score (nSPS) is 52.5. The van der Waals surface area contributed by atoms with E-state index in [9.17, 15) is 0 Å². The summed E-state index contributed by atoms with van der Waals surface area (Å²) in [6, 6.07) is 2.83. The van der Waals surface area contributed by atoms with Gasteiger partial charge in [0, 0.05) is 30.6 Å². The summed E-state index contributed by atoms with van der Waals surface area (Å²) in [5.41, 5.74) is 0. The Kier molecular flexibility index (Phi) is 1.37. The van der Waals surface area contributed by atoms with Crippen molar-refractivity contribution in [2.45, 2.75) is 37.9 Å². The Morgan fingerprint density at radius 1 is 1.17 bits per heavy atom. The van der Waals surface area contributed by atoms with Crippen LogP contribution in [0.2, 0.25) is 0 Å². The molecule has 2 nitrogen and oxygen atoms in total. The van der Waals surface area contributed by atoms with E-state index in [1.165, 1.54) is 25.9 Å². The third-order valence-corrected chi connectivity index (χ3v) is 4.43. The molecule has 1 saturated carbocycles. The van der Waals surface area contributed by atoms with E-state index in [2.05, 4.69) is 23.8 Å². The van der Waals surface area contributed by atoms with Crippen LogP contribution in [0.3, 0.4) is 0 Å². The first-order valence-corrected chi connectivity index (χ1v) is 5.29. The molecular weight excluding hydrogens is 148 g/mol. The van der Waals surface area contributed by atoms with Gasteiger partial charge in [-0.05, 0) is 26.4 Å². The van der Waals surface area contributed by atoms with Gasteiger partial charge in [-0.25, -0.2) is 0 Å². The maximum Gasteiger partial charge on any atom is 0.0281 e. The van der Waals surface area contributed by atoms with E-state index < -0.39 is 0 Å². The summed E-state index contributed by atoms with van der Waals surface area (Å²) >= 11 is 0. The smallest absolute Gasteiger partial charge is 0.0281 e. The predicted molar refractivity (Wildman–Crippen MR) is 49.1 cm³/mol. The molecule has 3 rings (SSSR count). The molecule has 12 heavy (non-hydrogen) atoms. The molecule has 1 aliphatic carbocycles. The third-order valence-electron chi connectivity index (χ3n) is 4.43. The van der Waals surface area contributed by atoms with Gasteiger partial charge in [0.25, 0.3) is 0 Å². The van der Waals surface area contributed by atoms with E-state index in [1.54, 1.807) is 0 Å². The van der Waals surface area contributed by atoms with Gasteiger partial charge >= 0.3 is 0 Å². The molecule has 0 amide bonds. The Labute approximate surface area is 74.5 Å². The minimum absolute atomic E-state index is 0.919. The van der Waals surface area contributed by atoms with E-state index >= 15 is 0 Å². The Morgan fingerprint density at radius 3 is 2.67 bits per heavy atom. The summed E-state index contributed by atoms with van der Waals surface area (Å²) in [6.07, 6.45) is 2.92. The molecule has 2 saturated heterocycles. The van der Waals surface area contributed by atoms with Crippen molar-refractivity contribution < 1.29 is 0 Å². The average Bonchev–Trinajstić information content (AvgIpc) is 2.55. The fourth-order valence-corrected chi connectivity index (χ4v) is 3.80. The first kappa shape index (κ1) is 7.34. The van der Waals surface area contributed by atoms with Crippen molar-refractivity contribution in [3.63, 3.8) is 0 Å². The molecule has 0 aromatic heterocycles. The predicted octanol–water partition coefficient (Wildman–Crippen LogP) is 0.783. The molecule has 0 N–H and O–H groups in total. The number of hydrogen-bond donors (Lipinski definition) is 0. The lowest BCUT2D eigenvalue weighted by Gasteiger charge is -2.47. The zero-order chi connectivity index (χ0) is 8.29. The summed E-state index contributed by atoms with van der Waals surface area (Å²) in [5, 5.41) is 0. The molecule has 0 bridgehead atoms. The zero-order valence-electron chi connectivity index (χ0n) is 8.03. The molecule has 0 radical (unpaired) electrons. The number of nitrogens with zero attached hydrogens (tertiary/aromatic N) is 2. The first-order chi connectivity index (χ1) is 5.83. The van der Waals surface area contributed by atoms with Gasteiger partial charge in [-0.1, -0.05) is 6.92 Å². The number of likely N-dealkylation sites (tertiary alicyclic amines) is 2. The van der Waals surface area contributed by atoms with Gasteiger partial charge in [0.2, 0.25) is 0 Å². The fraction of sp³-hybridized carbons (Fsp3) is 1.00. The maximum absolute atomic E-state index is 2.69. The summed E-state index contributed by atoms with van der Waals surface area (Å²) in [6.45, 7) is 4.91. The van der Waals surface area contributed by atoms with Crippen molar-refractivity contribution in [1.82, 2.24) is 9.80 Å². The van der Waals surface area contributed by atoms with Crippen LogP contribution in [0.1, 0.15) is 19.8 Å². The van der Waals surface area contributed by atoms with Gasteiger partial charge < -0.3 is 0 Å². The number of rotatable bonds is 1. The number of likely N-dealkylation sites (N-methyl/N-ethyl adjacent to an activating group) is 2. The molecule has 2 heterocycles. The van der Waals surface area contributed by atoms with Crippen LogP contribution < -0.4 is 0 Å². The average molecular weight is 166 g/mol. The fourth-order valence-electron chi connectivity index (χ4n) is 3.80. The Bertz CT molecular complexity index is 200. The van der Waals surface area contributed by atoms with Crippen molar-refractivity contribution in [3.8, 4) is 0 Å². The van der Waals surface area contributed by atoms with E-state index in [1.807, 2.05) is 0 Å². The van der Waals surface area contributed by atoms with E-state index in [0.717, 1.165) is 24.0 Å². The van der Waals surface area contributed by atoms with Crippen molar-refractivity contribution in [2.75, 3.05) is 20.1 Å². The summed E-state index contributed by atoms with van der Waals surface area (Å²) in [5.74, 6) is 1.05. The van der Waals surface area contributed by atoms with Crippen LogP contribution in [-0.2, 0) is 0 Å². The second-order valence-electron chi connectivity index (χ2n) is 4.61. The van der Waals surface area contributed by atoms with Crippen LogP contribution in [0.4, 0.5) is 0 Å². The van der Waals surface area contributed by atoms with Crippen molar-refractivity contribution in [1.29, 1.82) is 0 Å². The first-order valence-electron chi connectivity index (χ1n) is 5.29. The van der Waals surface area contributed by atoms with E-state index in [-0.39, 0.29) is 0 Å². The minimum Gasteiger partial charge on any atom is -0.299 e. The Hall–Kier alpha value is -0.0800. The highest BCUT2D eigenvalue weighted by Gasteiger charge is 2.59. The Balaban J connectivity index is 1.86. The molecule has 4 atom stereocenters. The Morgan fingerprint density at radius 2 is 1.92 bits per heavy atom. The van der Waals surface area contributed by atoms with Gasteiger partial charge in [0.05, 0.1) is 0 Å². The summed E-state index contributed by atoms with van der Waals surface area (Å²) < 4.78 is 0. The van der Waals surface area contributed by atoms with Crippen LogP contribution in [0.5, 0.6) is 0 Å². The van der Waals surface area contributed by atoms with Crippen molar-refractivity contribution in [3.05, 3.63) is 0 Å². The molecule has 0 aromatic carbocycles. The van der Waals surface area contributed by atoms with E-state index in [4.69, 9.17) is 0 Å². The van der Waals surface area contributed by atoms with Gasteiger partial charge in [-0.3, -0.25) is 9.80 Å². The lowest BCUT2D eigenvalue weighted by atomic mass is 9.84. The monoisotopic (exact) mass is 166 g/mol. The van der Waals surface area contributed by atoms with Crippen molar-refractivity contribution in [2.24, 2.45) is 5.92 Å². The van der Waals surface area contributed by atoms with Gasteiger partial charge in [0.1, 0.15) is 0 Å². The third kappa shape index (κ3) is 0.647. The topological polar surface area (TPSA) is 6.48 Å². The zero-order valence-corrected chi connectivity index (χ0v) is 8.03. The van der Waals surface area contributed by atoms with Gasteiger partial charge in [0.15, 0.2) is 0 Å². The summed E-state index contributed by atoms with van der Waals surface area (Å²) in [7, 11) is 2.31. The maximum atomic E-state index is 2.69. The van der Waals surface area contributed by atoms with Crippen LogP contribution in [0.25, 0.3) is 0 Å². The molecule has 0 aromatic rings. The highest BCUT2D eigenvalue weighted by atomic mass is 15.4. The molecule has 3 fully saturated rings. The number of hydrogen-bond acceptors (Lipinski definition) is 2. The standard InChI is InChI=1S/C10H18N2/c1-3-12-6-9-10-7(11(9)2)4-5-8(10)12/h7-10H,3-6H2,1-2H3/t7?,8?,9?,10-/m0/s1. The van der Waals surface area contributed by atoms with Crippen LogP contribution in [0.15, 0.2) is 0 Å². The second-order valence-corrected chi connectivity index (χ2v) is 4.61. The van der Waals surface area contributed by atoms with Crippen LogP contribution in [-0.4, -0.2) is 48.1 Å². The van der Waals surface area contributed by atoms with Gasteiger partial charge in [-0.2, -0.15) is 0 Å². The molecule has 2 heteroatoms. The van der Waals surface area contributed by atoms with E-state index in [0.29, 0.717) is 0 Å². The second kappa shape index (κ2) is 2.24. The molecule has 0 spiro atoms. The molecule has 3 aliphatic rings. The van der Waals surface area contributed by atoms with Crippen LogP contribution in [0, 0.1) is 5.92 Å².